The molecule has 0 aliphatic carbocycles. The van der Waals surface area contributed by atoms with Crippen molar-refractivity contribution in [2.45, 2.75) is 13.5 Å². The van der Waals surface area contributed by atoms with Gasteiger partial charge in [0, 0.05) is 13.2 Å². The zero-order valence-electron chi connectivity index (χ0n) is 13.8. The molecular weight excluding hydrogens is 310 g/mol. The smallest absolute Gasteiger partial charge is 0.271 e. The maximum atomic E-state index is 12.1. The number of carbonyl (C=O) groups excluding carboxylic acids is 1. The zero-order chi connectivity index (χ0) is 17.4. The maximum Gasteiger partial charge on any atom is 0.271 e. The van der Waals surface area contributed by atoms with E-state index in [9.17, 15) is 9.59 Å². The van der Waals surface area contributed by atoms with E-state index in [1.807, 2.05) is 31.2 Å². The number of amides is 1. The van der Waals surface area contributed by atoms with Crippen molar-refractivity contribution in [2.75, 3.05) is 26.9 Å². The number of aromatic nitrogens is 2. The Balaban J connectivity index is 1.83. The molecule has 0 bridgehead atoms. The summed E-state index contributed by atoms with van der Waals surface area (Å²) in [5.74, 6) is 0.398. The molecular formula is C17H21N3O4. The first kappa shape index (κ1) is 17.7. The highest BCUT2D eigenvalue weighted by atomic mass is 16.5. The van der Waals surface area contributed by atoms with Crippen LogP contribution in [0.3, 0.4) is 0 Å². The van der Waals surface area contributed by atoms with Crippen LogP contribution in [0.5, 0.6) is 5.75 Å². The molecule has 7 heteroatoms. The van der Waals surface area contributed by atoms with Crippen LogP contribution in [-0.4, -0.2) is 42.6 Å². The van der Waals surface area contributed by atoms with E-state index in [0.717, 1.165) is 11.3 Å². The molecule has 7 nitrogen and oxygen atoms in total. The molecule has 0 radical (unpaired) electrons. The standard InChI is InChI=1S/C17H21N3O4/c1-13-3-5-14(6-4-13)24-11-9-18-17(22)15-7-8-16(21)20(19-15)10-12-23-2/h3-8H,9-12H2,1-2H3,(H,18,22). The van der Waals surface area contributed by atoms with Gasteiger partial charge in [0.15, 0.2) is 0 Å². The number of nitrogens with zero attached hydrogens (tertiary/aromatic N) is 2. The van der Waals surface area contributed by atoms with Gasteiger partial charge in [0.1, 0.15) is 18.1 Å². The van der Waals surface area contributed by atoms with Crippen LogP contribution in [0.2, 0.25) is 0 Å². The first-order chi connectivity index (χ1) is 11.6. The second kappa shape index (κ2) is 8.83. The van der Waals surface area contributed by atoms with Crippen LogP contribution in [0.25, 0.3) is 0 Å². The van der Waals surface area contributed by atoms with Crippen molar-refractivity contribution >= 4 is 5.91 Å². The fourth-order valence-electron chi connectivity index (χ4n) is 1.97. The monoisotopic (exact) mass is 331 g/mol. The summed E-state index contributed by atoms with van der Waals surface area (Å²) in [6.45, 7) is 3.34. The summed E-state index contributed by atoms with van der Waals surface area (Å²) >= 11 is 0. The van der Waals surface area contributed by atoms with Crippen molar-refractivity contribution in [1.82, 2.24) is 15.1 Å². The van der Waals surface area contributed by atoms with E-state index < -0.39 is 0 Å². The summed E-state index contributed by atoms with van der Waals surface area (Å²) in [5, 5.41) is 6.74. The predicted molar refractivity (Wildman–Crippen MR) is 89.4 cm³/mol. The Morgan fingerprint density at radius 1 is 1.17 bits per heavy atom. The number of carbonyl (C=O) groups is 1. The topological polar surface area (TPSA) is 82.5 Å². The van der Waals surface area contributed by atoms with Crippen molar-refractivity contribution in [3.8, 4) is 5.75 Å². The lowest BCUT2D eigenvalue weighted by Crippen LogP contribution is -2.32. The predicted octanol–water partition coefficient (Wildman–Crippen LogP) is 1.01. The third-order valence-corrected chi connectivity index (χ3v) is 3.28. The number of hydrogen-bond donors (Lipinski definition) is 1. The van der Waals surface area contributed by atoms with Crippen molar-refractivity contribution in [2.24, 2.45) is 0 Å². The van der Waals surface area contributed by atoms with Crippen LogP contribution in [0, 0.1) is 6.92 Å². The molecule has 24 heavy (non-hydrogen) atoms. The highest BCUT2D eigenvalue weighted by Crippen LogP contribution is 2.10. The molecule has 1 aromatic heterocycles. The summed E-state index contributed by atoms with van der Waals surface area (Å²) in [7, 11) is 1.54. The van der Waals surface area contributed by atoms with E-state index in [0.29, 0.717) is 26.3 Å². The van der Waals surface area contributed by atoms with Crippen molar-refractivity contribution in [3.63, 3.8) is 0 Å². The number of nitrogens with one attached hydrogen (secondary N) is 1. The molecule has 0 fully saturated rings. The first-order valence-electron chi connectivity index (χ1n) is 7.65. The van der Waals surface area contributed by atoms with E-state index in [2.05, 4.69) is 10.4 Å². The minimum absolute atomic E-state index is 0.182. The molecule has 2 rings (SSSR count). The largest absolute Gasteiger partial charge is 0.492 e. The summed E-state index contributed by atoms with van der Waals surface area (Å²) in [6.07, 6.45) is 0. The van der Waals surface area contributed by atoms with Crippen LogP contribution in [0.4, 0.5) is 0 Å². The number of hydrogen-bond acceptors (Lipinski definition) is 5. The Labute approximate surface area is 140 Å². The normalized spacial score (nSPS) is 10.4. The molecule has 0 spiro atoms. The Bertz CT molecular complexity index is 725. The average Bonchev–Trinajstić information content (AvgIpc) is 2.59. The number of ether oxygens (including phenoxy) is 2. The average molecular weight is 331 g/mol. The molecule has 2 aromatic rings. The van der Waals surface area contributed by atoms with E-state index in [1.54, 1.807) is 0 Å². The molecule has 0 saturated carbocycles. The Hall–Kier alpha value is -2.67. The Morgan fingerprint density at radius 3 is 2.62 bits per heavy atom. The molecule has 1 heterocycles. The lowest BCUT2D eigenvalue weighted by atomic mass is 10.2. The number of methoxy groups -OCH3 is 1. The van der Waals surface area contributed by atoms with Gasteiger partial charge in [-0.25, -0.2) is 4.68 Å². The molecule has 0 aliphatic rings. The van der Waals surface area contributed by atoms with E-state index in [-0.39, 0.29) is 17.2 Å². The number of benzene rings is 1. The molecule has 0 aliphatic heterocycles. The molecule has 1 aromatic carbocycles. The summed E-state index contributed by atoms with van der Waals surface area (Å²) in [5.41, 5.74) is 1.07. The second-order valence-corrected chi connectivity index (χ2v) is 5.19. The minimum Gasteiger partial charge on any atom is -0.492 e. The second-order valence-electron chi connectivity index (χ2n) is 5.19. The quantitative estimate of drug-likeness (QED) is 0.730. The fraction of sp³-hybridized carbons (Fsp3) is 0.353. The van der Waals surface area contributed by atoms with Gasteiger partial charge in [0.2, 0.25) is 0 Å². The third-order valence-electron chi connectivity index (χ3n) is 3.28. The zero-order valence-corrected chi connectivity index (χ0v) is 13.8. The fourth-order valence-corrected chi connectivity index (χ4v) is 1.97. The van der Waals surface area contributed by atoms with Crippen LogP contribution in [-0.2, 0) is 11.3 Å². The molecule has 0 unspecified atom stereocenters. The SMILES string of the molecule is COCCn1nc(C(=O)NCCOc2ccc(C)cc2)ccc1=O. The first-order valence-corrected chi connectivity index (χ1v) is 7.65. The summed E-state index contributed by atoms with van der Waals surface area (Å²) in [6, 6.07) is 10.4. The molecule has 0 atom stereocenters. The van der Waals surface area contributed by atoms with E-state index in [4.69, 9.17) is 9.47 Å². The minimum atomic E-state index is -0.353. The number of aryl methyl sites for hydroxylation is 1. The van der Waals surface area contributed by atoms with Gasteiger partial charge in [-0.3, -0.25) is 9.59 Å². The van der Waals surface area contributed by atoms with Crippen LogP contribution in [0.15, 0.2) is 41.2 Å². The van der Waals surface area contributed by atoms with Crippen LogP contribution < -0.4 is 15.6 Å². The van der Waals surface area contributed by atoms with Gasteiger partial charge in [0.05, 0.1) is 19.7 Å². The summed E-state index contributed by atoms with van der Waals surface area (Å²) in [4.78, 5) is 23.7. The van der Waals surface area contributed by atoms with Gasteiger partial charge in [-0.1, -0.05) is 17.7 Å². The third kappa shape index (κ3) is 5.20. The van der Waals surface area contributed by atoms with Crippen LogP contribution >= 0.6 is 0 Å². The van der Waals surface area contributed by atoms with Gasteiger partial charge < -0.3 is 14.8 Å². The lowest BCUT2D eigenvalue weighted by molar-refractivity contribution is 0.0938. The van der Waals surface area contributed by atoms with Gasteiger partial charge in [0.25, 0.3) is 11.5 Å². The van der Waals surface area contributed by atoms with Gasteiger partial charge >= 0.3 is 0 Å². The van der Waals surface area contributed by atoms with Crippen molar-refractivity contribution in [1.29, 1.82) is 0 Å². The molecule has 1 amide bonds. The van der Waals surface area contributed by atoms with E-state index >= 15 is 0 Å². The summed E-state index contributed by atoms with van der Waals surface area (Å²) < 4.78 is 11.7. The highest BCUT2D eigenvalue weighted by Gasteiger charge is 2.09. The van der Waals surface area contributed by atoms with Gasteiger partial charge in [-0.15, -0.1) is 0 Å². The molecule has 128 valence electrons. The van der Waals surface area contributed by atoms with Gasteiger partial charge in [-0.05, 0) is 25.1 Å². The molecule has 1 N–H and O–H groups in total. The van der Waals surface area contributed by atoms with Crippen molar-refractivity contribution < 1.29 is 14.3 Å². The Morgan fingerprint density at radius 2 is 1.92 bits per heavy atom. The maximum absolute atomic E-state index is 12.1. The highest BCUT2D eigenvalue weighted by molar-refractivity contribution is 5.91. The number of rotatable bonds is 8. The van der Waals surface area contributed by atoms with E-state index in [1.165, 1.54) is 23.9 Å². The van der Waals surface area contributed by atoms with Crippen molar-refractivity contribution in [3.05, 3.63) is 58.0 Å². The van der Waals surface area contributed by atoms with Gasteiger partial charge in [-0.2, -0.15) is 5.10 Å². The van der Waals surface area contributed by atoms with Crippen LogP contribution in [0.1, 0.15) is 16.1 Å². The molecule has 0 saturated heterocycles. The lowest BCUT2D eigenvalue weighted by Gasteiger charge is -2.09. The Kier molecular flexibility index (Phi) is 6.51.